The summed E-state index contributed by atoms with van der Waals surface area (Å²) in [5, 5.41) is 4.93. The van der Waals surface area contributed by atoms with Crippen LogP contribution in [0, 0.1) is 0 Å². The Labute approximate surface area is 114 Å². The average molecular weight is 281 g/mol. The van der Waals surface area contributed by atoms with Gasteiger partial charge in [0, 0.05) is 25.4 Å². The molecule has 96 valence electrons. The maximum Gasteiger partial charge on any atom is 0.230 e. The van der Waals surface area contributed by atoms with Gasteiger partial charge in [0.15, 0.2) is 0 Å². The molecular formula is C12H15N3OS2. The summed E-state index contributed by atoms with van der Waals surface area (Å²) in [6.45, 7) is 0.699. The number of hydrogen-bond donors (Lipinski definition) is 2. The van der Waals surface area contributed by atoms with Crippen molar-refractivity contribution in [1.82, 2.24) is 15.3 Å². The summed E-state index contributed by atoms with van der Waals surface area (Å²) >= 11 is 3.24. The minimum absolute atomic E-state index is 0.0906. The zero-order valence-corrected chi connectivity index (χ0v) is 11.5. The summed E-state index contributed by atoms with van der Waals surface area (Å²) < 4.78 is 1.18. The van der Waals surface area contributed by atoms with Gasteiger partial charge in [0.1, 0.15) is 5.82 Å². The molecule has 0 bridgehead atoms. The number of aryl methyl sites for hydroxylation is 1. The lowest BCUT2D eigenvalue weighted by Crippen LogP contribution is -2.26. The van der Waals surface area contributed by atoms with Crippen LogP contribution in [0.25, 0.3) is 0 Å². The van der Waals surface area contributed by atoms with Gasteiger partial charge < -0.3 is 10.3 Å². The van der Waals surface area contributed by atoms with Gasteiger partial charge in [0.05, 0.1) is 9.96 Å². The third kappa shape index (κ3) is 4.54. The zero-order valence-electron chi connectivity index (χ0n) is 9.89. The van der Waals surface area contributed by atoms with Crippen LogP contribution in [0.15, 0.2) is 34.1 Å². The first-order valence-electron chi connectivity index (χ1n) is 5.76. The number of aromatic nitrogens is 2. The van der Waals surface area contributed by atoms with Gasteiger partial charge in [-0.3, -0.25) is 4.79 Å². The van der Waals surface area contributed by atoms with Crippen LogP contribution in [-0.2, 0) is 11.2 Å². The van der Waals surface area contributed by atoms with Crippen LogP contribution in [0.1, 0.15) is 12.2 Å². The van der Waals surface area contributed by atoms with Gasteiger partial charge >= 0.3 is 0 Å². The summed E-state index contributed by atoms with van der Waals surface area (Å²) in [6.07, 6.45) is 5.32. The molecule has 0 radical (unpaired) electrons. The van der Waals surface area contributed by atoms with Crippen LogP contribution < -0.4 is 5.32 Å². The van der Waals surface area contributed by atoms with E-state index in [1.807, 2.05) is 23.7 Å². The molecule has 2 rings (SSSR count). The highest BCUT2D eigenvalue weighted by atomic mass is 32.2. The first kappa shape index (κ1) is 13.2. The molecule has 0 fully saturated rings. The Morgan fingerprint density at radius 2 is 2.50 bits per heavy atom. The molecule has 0 aliphatic heterocycles. The third-order valence-electron chi connectivity index (χ3n) is 2.31. The van der Waals surface area contributed by atoms with Crippen molar-refractivity contribution in [2.75, 3.05) is 12.3 Å². The lowest BCUT2D eigenvalue weighted by atomic mass is 10.3. The smallest absolute Gasteiger partial charge is 0.230 e. The van der Waals surface area contributed by atoms with E-state index in [1.165, 1.54) is 4.21 Å². The molecular weight excluding hydrogens is 266 g/mol. The molecule has 2 aromatic heterocycles. The van der Waals surface area contributed by atoms with E-state index in [-0.39, 0.29) is 5.91 Å². The van der Waals surface area contributed by atoms with Crippen LogP contribution >= 0.6 is 23.1 Å². The highest BCUT2D eigenvalue weighted by molar-refractivity contribution is 8.01. The molecule has 2 aromatic rings. The number of aromatic amines is 1. The van der Waals surface area contributed by atoms with E-state index in [2.05, 4.69) is 15.3 Å². The fourth-order valence-electron chi connectivity index (χ4n) is 1.45. The van der Waals surface area contributed by atoms with Gasteiger partial charge in [0.25, 0.3) is 0 Å². The number of nitrogens with one attached hydrogen (secondary N) is 2. The van der Waals surface area contributed by atoms with Crippen molar-refractivity contribution in [2.24, 2.45) is 0 Å². The zero-order chi connectivity index (χ0) is 12.6. The number of amides is 1. The van der Waals surface area contributed by atoms with Gasteiger partial charge in [-0.1, -0.05) is 6.07 Å². The molecule has 0 unspecified atom stereocenters. The number of nitrogens with zero attached hydrogens (tertiary/aromatic N) is 1. The second-order valence-electron chi connectivity index (χ2n) is 3.71. The molecule has 0 saturated heterocycles. The van der Waals surface area contributed by atoms with Crippen molar-refractivity contribution in [1.29, 1.82) is 0 Å². The summed E-state index contributed by atoms with van der Waals surface area (Å²) in [5.41, 5.74) is 0. The Morgan fingerprint density at radius 3 is 3.22 bits per heavy atom. The fourth-order valence-corrected chi connectivity index (χ4v) is 3.07. The second kappa shape index (κ2) is 7.23. The van der Waals surface area contributed by atoms with E-state index in [0.717, 1.165) is 18.7 Å². The Bertz CT molecular complexity index is 454. The Hall–Kier alpha value is -1.27. The van der Waals surface area contributed by atoms with Crippen molar-refractivity contribution in [3.8, 4) is 0 Å². The van der Waals surface area contributed by atoms with Crippen molar-refractivity contribution < 1.29 is 4.79 Å². The molecule has 0 spiro atoms. The Morgan fingerprint density at radius 1 is 1.56 bits per heavy atom. The van der Waals surface area contributed by atoms with Crippen LogP contribution in [-0.4, -0.2) is 28.2 Å². The van der Waals surface area contributed by atoms with E-state index < -0.39 is 0 Å². The van der Waals surface area contributed by atoms with Crippen LogP contribution in [0.2, 0.25) is 0 Å². The van der Waals surface area contributed by atoms with Gasteiger partial charge in [0.2, 0.25) is 5.91 Å². The number of thiophene rings is 1. The molecule has 0 aliphatic carbocycles. The number of hydrogen-bond acceptors (Lipinski definition) is 4. The molecule has 6 heteroatoms. The summed E-state index contributed by atoms with van der Waals surface area (Å²) in [4.78, 5) is 18.7. The predicted molar refractivity (Wildman–Crippen MR) is 75.0 cm³/mol. The van der Waals surface area contributed by atoms with Crippen LogP contribution in [0.5, 0.6) is 0 Å². The van der Waals surface area contributed by atoms with E-state index in [4.69, 9.17) is 0 Å². The quantitative estimate of drug-likeness (QED) is 0.605. The van der Waals surface area contributed by atoms with E-state index in [1.54, 1.807) is 29.3 Å². The Kier molecular flexibility index (Phi) is 5.29. The largest absolute Gasteiger partial charge is 0.355 e. The summed E-state index contributed by atoms with van der Waals surface area (Å²) in [7, 11) is 0. The maximum atomic E-state index is 11.5. The van der Waals surface area contributed by atoms with Crippen molar-refractivity contribution in [3.05, 3.63) is 35.7 Å². The summed E-state index contributed by atoms with van der Waals surface area (Å²) in [6, 6.07) is 4.02. The van der Waals surface area contributed by atoms with E-state index >= 15 is 0 Å². The first-order valence-corrected chi connectivity index (χ1v) is 7.62. The standard InChI is InChI=1S/C12H15N3OS2/c16-11(9-18-12-4-2-8-17-12)15-5-1-3-10-13-6-7-14-10/h2,4,6-8H,1,3,5,9H2,(H,13,14)(H,15,16). The molecule has 4 nitrogen and oxygen atoms in total. The number of imidazole rings is 1. The van der Waals surface area contributed by atoms with E-state index in [0.29, 0.717) is 12.3 Å². The van der Waals surface area contributed by atoms with Crippen LogP contribution in [0.4, 0.5) is 0 Å². The number of carbonyl (C=O) groups excluding carboxylic acids is 1. The minimum Gasteiger partial charge on any atom is -0.355 e. The monoisotopic (exact) mass is 281 g/mol. The number of carbonyl (C=O) groups is 1. The molecule has 1 amide bonds. The maximum absolute atomic E-state index is 11.5. The average Bonchev–Trinajstić information content (AvgIpc) is 3.04. The predicted octanol–water partition coefficient (Wildman–Crippen LogP) is 2.31. The topological polar surface area (TPSA) is 57.8 Å². The highest BCUT2D eigenvalue weighted by Gasteiger charge is 2.03. The molecule has 0 saturated carbocycles. The third-order valence-corrected chi connectivity index (χ3v) is 4.44. The van der Waals surface area contributed by atoms with Crippen molar-refractivity contribution in [2.45, 2.75) is 17.1 Å². The number of thioether (sulfide) groups is 1. The lowest BCUT2D eigenvalue weighted by molar-refractivity contribution is -0.118. The van der Waals surface area contributed by atoms with Gasteiger partial charge in [-0.2, -0.15) is 0 Å². The van der Waals surface area contributed by atoms with Crippen molar-refractivity contribution in [3.63, 3.8) is 0 Å². The molecule has 0 atom stereocenters. The second-order valence-corrected chi connectivity index (χ2v) is 5.93. The SMILES string of the molecule is O=C(CSc1cccs1)NCCCc1ncc[nH]1. The van der Waals surface area contributed by atoms with E-state index in [9.17, 15) is 4.79 Å². The summed E-state index contributed by atoms with van der Waals surface area (Å²) in [5.74, 6) is 1.55. The van der Waals surface area contributed by atoms with Gasteiger partial charge in [-0.25, -0.2) is 4.98 Å². The fraction of sp³-hybridized carbons (Fsp3) is 0.333. The van der Waals surface area contributed by atoms with Crippen LogP contribution in [0.3, 0.4) is 0 Å². The molecule has 0 aromatic carbocycles. The normalized spacial score (nSPS) is 10.4. The Balaban J connectivity index is 1.55. The number of rotatable bonds is 7. The van der Waals surface area contributed by atoms with Crippen molar-refractivity contribution >= 4 is 29.0 Å². The molecule has 2 N–H and O–H groups in total. The molecule has 18 heavy (non-hydrogen) atoms. The molecule has 2 heterocycles. The van der Waals surface area contributed by atoms with Gasteiger partial charge in [-0.05, 0) is 17.9 Å². The van der Waals surface area contributed by atoms with Gasteiger partial charge in [-0.15, -0.1) is 23.1 Å². The highest BCUT2D eigenvalue weighted by Crippen LogP contribution is 2.22. The molecule has 0 aliphatic rings. The number of H-pyrrole nitrogens is 1. The first-order chi connectivity index (χ1) is 8.84. The lowest BCUT2D eigenvalue weighted by Gasteiger charge is -2.03. The minimum atomic E-state index is 0.0906.